The third-order valence-electron chi connectivity index (χ3n) is 8.17. The fourth-order valence-corrected chi connectivity index (χ4v) is 5.95. The van der Waals surface area contributed by atoms with E-state index in [2.05, 4.69) is 26.9 Å². The molecule has 1 fully saturated rings. The van der Waals surface area contributed by atoms with Crippen molar-refractivity contribution in [3.63, 3.8) is 0 Å². The van der Waals surface area contributed by atoms with Gasteiger partial charge in [-0.15, -0.1) is 5.10 Å². The van der Waals surface area contributed by atoms with Crippen LogP contribution in [-0.2, 0) is 27.2 Å². The summed E-state index contributed by atoms with van der Waals surface area (Å²) >= 11 is 0. The predicted molar refractivity (Wildman–Crippen MR) is 169 cm³/mol. The van der Waals surface area contributed by atoms with Crippen molar-refractivity contribution in [3.05, 3.63) is 95.4 Å². The first-order valence-corrected chi connectivity index (χ1v) is 15.0. The van der Waals surface area contributed by atoms with Crippen LogP contribution in [0.5, 0.6) is 5.75 Å². The normalized spacial score (nSPS) is 14.6. The summed E-state index contributed by atoms with van der Waals surface area (Å²) in [5.41, 5.74) is 7.91. The Kier molecular flexibility index (Phi) is 7.78. The van der Waals surface area contributed by atoms with Crippen molar-refractivity contribution in [2.45, 2.75) is 26.2 Å². The van der Waals surface area contributed by atoms with Crippen molar-refractivity contribution < 1.29 is 23.7 Å². The number of hydrogen-bond acceptors (Lipinski definition) is 10. The second-order valence-corrected chi connectivity index (χ2v) is 10.9. The van der Waals surface area contributed by atoms with Gasteiger partial charge in [-0.05, 0) is 48.7 Å². The van der Waals surface area contributed by atoms with Crippen molar-refractivity contribution >= 4 is 28.8 Å². The van der Waals surface area contributed by atoms with Crippen molar-refractivity contribution in [1.82, 2.24) is 19.6 Å². The molecule has 45 heavy (non-hydrogen) atoms. The molecular formula is C34H34N6O5. The van der Waals surface area contributed by atoms with E-state index in [1.54, 1.807) is 18.5 Å². The number of carbonyl (C=O) groups excluding carboxylic acids is 1. The number of rotatable bonds is 9. The van der Waals surface area contributed by atoms with Crippen LogP contribution in [0.2, 0.25) is 0 Å². The van der Waals surface area contributed by atoms with Crippen LogP contribution < -0.4 is 14.5 Å². The molecule has 0 N–H and O–H groups in total. The second kappa shape index (κ2) is 12.2. The summed E-state index contributed by atoms with van der Waals surface area (Å²) in [7, 11) is 3.67. The summed E-state index contributed by atoms with van der Waals surface area (Å²) in [5.74, 6) is 1.04. The summed E-state index contributed by atoms with van der Waals surface area (Å²) in [6.07, 6.45) is 3.81. The zero-order valence-electron chi connectivity index (χ0n) is 25.5. The molecule has 0 unspecified atom stereocenters. The number of pyridine rings is 1. The van der Waals surface area contributed by atoms with Crippen LogP contribution in [-0.4, -0.2) is 66.1 Å². The minimum atomic E-state index is -0.467. The highest BCUT2D eigenvalue weighted by atomic mass is 16.7. The minimum Gasteiger partial charge on any atom is -0.497 e. The van der Waals surface area contributed by atoms with Crippen LogP contribution in [0, 0.1) is 0 Å². The Morgan fingerprint density at radius 1 is 1.04 bits per heavy atom. The van der Waals surface area contributed by atoms with E-state index >= 15 is 0 Å². The molecule has 5 aromatic rings. The fraction of sp³-hybridized carbons (Fsp3) is 0.294. The molecule has 2 aliphatic heterocycles. The lowest BCUT2D eigenvalue weighted by Crippen LogP contribution is -2.22. The Hall–Kier alpha value is -5.00. The SMILES string of the molecule is CCOC(=O)c1cnc2c(N(C)Cc3ccc(OC)cc3)cc(N3CCc4c(-c5ccc(C6OCCO6)cn5)cccc43)nn12. The first-order valence-electron chi connectivity index (χ1n) is 15.0. The van der Waals surface area contributed by atoms with Gasteiger partial charge in [0.2, 0.25) is 0 Å². The number of ether oxygens (including phenoxy) is 4. The number of hydrogen-bond donors (Lipinski definition) is 0. The van der Waals surface area contributed by atoms with Gasteiger partial charge in [0.25, 0.3) is 0 Å². The number of imidazole rings is 1. The maximum Gasteiger partial charge on any atom is 0.358 e. The van der Waals surface area contributed by atoms with Gasteiger partial charge >= 0.3 is 5.97 Å². The zero-order chi connectivity index (χ0) is 30.9. The minimum absolute atomic E-state index is 0.258. The molecule has 0 amide bonds. The molecule has 1 saturated heterocycles. The Bertz CT molecular complexity index is 1830. The van der Waals surface area contributed by atoms with E-state index < -0.39 is 5.97 Å². The van der Waals surface area contributed by atoms with E-state index in [0.717, 1.165) is 52.5 Å². The molecule has 0 saturated carbocycles. The van der Waals surface area contributed by atoms with Crippen molar-refractivity contribution in [3.8, 4) is 17.0 Å². The second-order valence-electron chi connectivity index (χ2n) is 10.9. The number of nitrogens with zero attached hydrogens (tertiary/aromatic N) is 6. The Morgan fingerprint density at radius 2 is 1.87 bits per heavy atom. The smallest absolute Gasteiger partial charge is 0.358 e. The fourth-order valence-electron chi connectivity index (χ4n) is 5.95. The standard InChI is InChI=1S/C34H34N6O5/c1-4-43-33(41)30-20-36-32-29(38(2)21-22-8-11-24(42-3)12-9-22)18-31(37-40(30)32)39-15-14-26-25(6-5-7-28(26)39)27-13-10-23(19-35-27)34-44-16-17-45-34/h5-13,18-20,34H,4,14-17,21H2,1-3H3. The molecule has 2 aliphatic rings. The number of carbonyl (C=O) groups is 1. The largest absolute Gasteiger partial charge is 0.497 e. The van der Waals surface area contributed by atoms with Gasteiger partial charge in [-0.3, -0.25) is 4.98 Å². The van der Waals surface area contributed by atoms with Gasteiger partial charge in [0.05, 0.1) is 44.5 Å². The van der Waals surface area contributed by atoms with Gasteiger partial charge in [-0.25, -0.2) is 14.3 Å². The molecule has 230 valence electrons. The van der Waals surface area contributed by atoms with E-state index in [1.807, 2.05) is 61.8 Å². The summed E-state index contributed by atoms with van der Waals surface area (Å²) in [4.78, 5) is 26.6. The average Bonchev–Trinajstić information content (AvgIpc) is 3.85. The summed E-state index contributed by atoms with van der Waals surface area (Å²) in [6, 6.07) is 20.3. The number of fused-ring (bicyclic) bond motifs is 2. The van der Waals surface area contributed by atoms with E-state index in [1.165, 1.54) is 11.8 Å². The van der Waals surface area contributed by atoms with E-state index in [9.17, 15) is 4.79 Å². The first kappa shape index (κ1) is 28.8. The molecule has 0 aliphatic carbocycles. The maximum absolute atomic E-state index is 12.9. The van der Waals surface area contributed by atoms with E-state index in [0.29, 0.717) is 31.2 Å². The number of benzene rings is 2. The predicted octanol–water partition coefficient (Wildman–Crippen LogP) is 5.35. The lowest BCUT2D eigenvalue weighted by Gasteiger charge is -2.24. The lowest BCUT2D eigenvalue weighted by atomic mass is 10.0. The first-order chi connectivity index (χ1) is 22.0. The molecule has 0 atom stereocenters. The van der Waals surface area contributed by atoms with E-state index in [-0.39, 0.29) is 18.6 Å². The number of methoxy groups -OCH3 is 1. The summed E-state index contributed by atoms with van der Waals surface area (Å²) in [6.45, 7) is 4.56. The molecule has 11 nitrogen and oxygen atoms in total. The Balaban J connectivity index is 1.26. The molecule has 0 bridgehead atoms. The van der Waals surface area contributed by atoms with Crippen LogP contribution in [0.15, 0.2) is 73.1 Å². The van der Waals surface area contributed by atoms with Crippen LogP contribution in [0.3, 0.4) is 0 Å². The van der Waals surface area contributed by atoms with Crippen LogP contribution >= 0.6 is 0 Å². The Morgan fingerprint density at radius 3 is 2.60 bits per heavy atom. The molecule has 11 heteroatoms. The van der Waals surface area contributed by atoms with Gasteiger partial charge in [-0.1, -0.05) is 30.3 Å². The molecule has 0 radical (unpaired) electrons. The van der Waals surface area contributed by atoms with Crippen molar-refractivity contribution in [2.24, 2.45) is 0 Å². The van der Waals surface area contributed by atoms with Crippen molar-refractivity contribution in [1.29, 1.82) is 0 Å². The van der Waals surface area contributed by atoms with Gasteiger partial charge in [0.15, 0.2) is 23.4 Å². The van der Waals surface area contributed by atoms with Gasteiger partial charge in [0.1, 0.15) is 5.75 Å². The van der Waals surface area contributed by atoms with Crippen LogP contribution in [0.4, 0.5) is 17.2 Å². The Labute approximate surface area is 260 Å². The molecular weight excluding hydrogens is 572 g/mol. The van der Waals surface area contributed by atoms with Crippen molar-refractivity contribution in [2.75, 3.05) is 50.3 Å². The molecule has 3 aromatic heterocycles. The maximum atomic E-state index is 12.9. The van der Waals surface area contributed by atoms with Crippen LogP contribution in [0.25, 0.3) is 16.9 Å². The summed E-state index contributed by atoms with van der Waals surface area (Å²) < 4.78 is 23.5. The van der Waals surface area contributed by atoms with E-state index in [4.69, 9.17) is 29.0 Å². The number of anilines is 3. The average molecular weight is 607 g/mol. The number of esters is 1. The molecule has 5 heterocycles. The highest BCUT2D eigenvalue weighted by Crippen LogP contribution is 2.40. The van der Waals surface area contributed by atoms with Gasteiger partial charge in [-0.2, -0.15) is 0 Å². The highest BCUT2D eigenvalue weighted by Gasteiger charge is 2.28. The third kappa shape index (κ3) is 5.45. The zero-order valence-corrected chi connectivity index (χ0v) is 25.5. The summed E-state index contributed by atoms with van der Waals surface area (Å²) in [5, 5.41) is 4.94. The monoisotopic (exact) mass is 606 g/mol. The highest BCUT2D eigenvalue weighted by molar-refractivity contribution is 5.90. The molecule has 0 spiro atoms. The third-order valence-corrected chi connectivity index (χ3v) is 8.17. The topological polar surface area (TPSA) is 104 Å². The van der Waals surface area contributed by atoms with Gasteiger partial charge in [0, 0.05) is 49.2 Å². The quantitative estimate of drug-likeness (QED) is 0.204. The molecule has 7 rings (SSSR count). The lowest BCUT2D eigenvalue weighted by molar-refractivity contribution is -0.0443. The number of aromatic nitrogens is 4. The van der Waals surface area contributed by atoms with Gasteiger partial charge < -0.3 is 28.7 Å². The molecule has 2 aromatic carbocycles. The van der Waals surface area contributed by atoms with Crippen LogP contribution in [0.1, 0.15) is 40.4 Å².